The third kappa shape index (κ3) is 2.42. The molecule has 0 aliphatic heterocycles. The number of hydrogen-bond donors (Lipinski definition) is 1. The molecule has 1 rings (SSSR count). The fourth-order valence-corrected chi connectivity index (χ4v) is 1.68. The van der Waals surface area contributed by atoms with Crippen LogP contribution in [0.25, 0.3) is 0 Å². The van der Waals surface area contributed by atoms with Crippen LogP contribution in [0.1, 0.15) is 18.5 Å². The summed E-state index contributed by atoms with van der Waals surface area (Å²) in [6.45, 7) is 6.44. The Balaban J connectivity index is 3.03. The van der Waals surface area contributed by atoms with Gasteiger partial charge in [-0.15, -0.1) is 6.58 Å². The van der Waals surface area contributed by atoms with Gasteiger partial charge < -0.3 is 5.32 Å². The summed E-state index contributed by atoms with van der Waals surface area (Å²) in [5.74, 6) is -0.224. The molecule has 0 heterocycles. The number of likely N-dealkylation sites (N-methyl/N-ethyl adjacent to an activating group) is 1. The lowest BCUT2D eigenvalue weighted by Crippen LogP contribution is -2.19. The number of hydrogen-bond acceptors (Lipinski definition) is 1. The third-order valence-corrected chi connectivity index (χ3v) is 2.59. The molecular formula is C11H13BrFN. The number of halogens is 2. The van der Waals surface area contributed by atoms with E-state index >= 15 is 0 Å². The molecule has 1 aromatic carbocycles. The third-order valence-electron chi connectivity index (χ3n) is 1.98. The molecule has 0 saturated heterocycles. The van der Waals surface area contributed by atoms with Crippen molar-refractivity contribution in [3.63, 3.8) is 0 Å². The van der Waals surface area contributed by atoms with Crippen molar-refractivity contribution in [2.75, 3.05) is 6.54 Å². The average Bonchev–Trinajstić information content (AvgIpc) is 2.19. The lowest BCUT2D eigenvalue weighted by Gasteiger charge is -2.14. The highest BCUT2D eigenvalue weighted by atomic mass is 79.9. The lowest BCUT2D eigenvalue weighted by atomic mass is 10.1. The van der Waals surface area contributed by atoms with E-state index in [9.17, 15) is 4.39 Å². The molecule has 1 unspecified atom stereocenters. The van der Waals surface area contributed by atoms with Crippen LogP contribution in [0.2, 0.25) is 0 Å². The van der Waals surface area contributed by atoms with Crippen LogP contribution in [0.4, 0.5) is 4.39 Å². The van der Waals surface area contributed by atoms with Crippen molar-refractivity contribution < 1.29 is 4.39 Å². The number of rotatable bonds is 4. The van der Waals surface area contributed by atoms with E-state index in [1.165, 1.54) is 0 Å². The van der Waals surface area contributed by atoms with Gasteiger partial charge >= 0.3 is 0 Å². The molecule has 14 heavy (non-hydrogen) atoms. The Morgan fingerprint density at radius 1 is 1.64 bits per heavy atom. The Morgan fingerprint density at radius 2 is 2.36 bits per heavy atom. The monoisotopic (exact) mass is 257 g/mol. The molecule has 1 atom stereocenters. The van der Waals surface area contributed by atoms with Crippen LogP contribution in [0.3, 0.4) is 0 Å². The van der Waals surface area contributed by atoms with E-state index in [-0.39, 0.29) is 11.9 Å². The Hall–Kier alpha value is -0.670. The van der Waals surface area contributed by atoms with Crippen molar-refractivity contribution in [2.24, 2.45) is 0 Å². The minimum absolute atomic E-state index is 0.127. The summed E-state index contributed by atoms with van der Waals surface area (Å²) in [4.78, 5) is 0. The van der Waals surface area contributed by atoms with E-state index in [0.29, 0.717) is 10.0 Å². The number of benzene rings is 1. The Morgan fingerprint density at radius 3 is 2.93 bits per heavy atom. The summed E-state index contributed by atoms with van der Waals surface area (Å²) in [5.41, 5.74) is 0.622. The van der Waals surface area contributed by atoms with Gasteiger partial charge in [0.2, 0.25) is 0 Å². The smallest absolute Gasteiger partial charge is 0.142 e. The molecule has 0 aliphatic carbocycles. The van der Waals surface area contributed by atoms with Gasteiger partial charge in [0.15, 0.2) is 0 Å². The van der Waals surface area contributed by atoms with E-state index in [1.54, 1.807) is 18.2 Å². The second-order valence-electron chi connectivity index (χ2n) is 2.91. The molecule has 0 saturated carbocycles. The van der Waals surface area contributed by atoms with Gasteiger partial charge in [0.05, 0.1) is 10.5 Å². The molecule has 0 bridgehead atoms. The minimum Gasteiger partial charge on any atom is -0.307 e. The van der Waals surface area contributed by atoms with Crippen molar-refractivity contribution >= 4 is 15.9 Å². The predicted octanol–water partition coefficient (Wildman–Crippen LogP) is 3.42. The molecule has 0 amide bonds. The van der Waals surface area contributed by atoms with Gasteiger partial charge in [-0.25, -0.2) is 4.39 Å². The first-order valence-electron chi connectivity index (χ1n) is 4.50. The number of nitrogens with one attached hydrogen (secondary N) is 1. The Labute approximate surface area is 92.1 Å². The first kappa shape index (κ1) is 11.4. The second-order valence-corrected chi connectivity index (χ2v) is 3.77. The van der Waals surface area contributed by atoms with Gasteiger partial charge in [-0.3, -0.25) is 0 Å². The Bertz CT molecular complexity index is 325. The fraction of sp³-hybridized carbons (Fsp3) is 0.273. The molecule has 0 aromatic heterocycles. The predicted molar refractivity (Wildman–Crippen MR) is 60.7 cm³/mol. The summed E-state index contributed by atoms with van der Waals surface area (Å²) in [5, 5.41) is 3.14. The maximum atomic E-state index is 13.6. The van der Waals surface area contributed by atoms with Crippen LogP contribution in [0, 0.1) is 5.82 Å². The summed E-state index contributed by atoms with van der Waals surface area (Å²) in [6, 6.07) is 5.13. The molecule has 1 nitrogen and oxygen atoms in total. The molecular weight excluding hydrogens is 245 g/mol. The maximum Gasteiger partial charge on any atom is 0.142 e. The van der Waals surface area contributed by atoms with Crippen LogP contribution in [-0.2, 0) is 0 Å². The average molecular weight is 258 g/mol. The maximum absolute atomic E-state index is 13.6. The van der Waals surface area contributed by atoms with E-state index in [2.05, 4.69) is 27.8 Å². The SMILES string of the molecule is C=CC(NCC)c1cccc(Br)c1F. The van der Waals surface area contributed by atoms with Crippen molar-refractivity contribution in [3.8, 4) is 0 Å². The highest BCUT2D eigenvalue weighted by Gasteiger charge is 2.12. The van der Waals surface area contributed by atoms with Crippen LogP contribution >= 0.6 is 15.9 Å². The van der Waals surface area contributed by atoms with E-state index in [4.69, 9.17) is 0 Å². The second kappa shape index (κ2) is 5.27. The summed E-state index contributed by atoms with van der Waals surface area (Å²) in [7, 11) is 0. The molecule has 0 spiro atoms. The molecule has 0 radical (unpaired) electrons. The first-order chi connectivity index (χ1) is 6.70. The van der Waals surface area contributed by atoms with Crippen molar-refractivity contribution in [3.05, 3.63) is 46.7 Å². The van der Waals surface area contributed by atoms with Crippen molar-refractivity contribution in [1.29, 1.82) is 0 Å². The molecule has 0 aliphatic rings. The van der Waals surface area contributed by atoms with Gasteiger partial charge in [0, 0.05) is 5.56 Å². The van der Waals surface area contributed by atoms with Crippen LogP contribution in [0.5, 0.6) is 0 Å². The summed E-state index contributed by atoms with van der Waals surface area (Å²) in [6.07, 6.45) is 1.70. The Kier molecular flexibility index (Phi) is 4.29. The highest BCUT2D eigenvalue weighted by molar-refractivity contribution is 9.10. The fourth-order valence-electron chi connectivity index (χ4n) is 1.30. The van der Waals surface area contributed by atoms with E-state index in [0.717, 1.165) is 6.54 Å². The highest BCUT2D eigenvalue weighted by Crippen LogP contribution is 2.24. The standard InChI is InChI=1S/C11H13BrFN/c1-3-10(14-4-2)8-6-5-7-9(12)11(8)13/h3,5-7,10,14H,1,4H2,2H3. The lowest BCUT2D eigenvalue weighted by molar-refractivity contribution is 0.563. The zero-order valence-electron chi connectivity index (χ0n) is 8.06. The van der Waals surface area contributed by atoms with Gasteiger partial charge in [-0.2, -0.15) is 0 Å². The zero-order valence-corrected chi connectivity index (χ0v) is 9.64. The first-order valence-corrected chi connectivity index (χ1v) is 5.29. The van der Waals surface area contributed by atoms with Gasteiger partial charge in [-0.1, -0.05) is 25.1 Å². The van der Waals surface area contributed by atoms with Gasteiger partial charge in [0.1, 0.15) is 5.82 Å². The van der Waals surface area contributed by atoms with Crippen LogP contribution in [0.15, 0.2) is 35.3 Å². The molecule has 3 heteroatoms. The minimum atomic E-state index is -0.224. The van der Waals surface area contributed by atoms with E-state index in [1.807, 2.05) is 13.0 Å². The summed E-state index contributed by atoms with van der Waals surface area (Å²) < 4.78 is 14.1. The van der Waals surface area contributed by atoms with Crippen molar-refractivity contribution in [1.82, 2.24) is 5.32 Å². The van der Waals surface area contributed by atoms with E-state index < -0.39 is 0 Å². The summed E-state index contributed by atoms with van der Waals surface area (Å²) >= 11 is 3.16. The quantitative estimate of drug-likeness (QED) is 0.816. The van der Waals surface area contributed by atoms with Crippen molar-refractivity contribution in [2.45, 2.75) is 13.0 Å². The molecule has 1 aromatic rings. The van der Waals surface area contributed by atoms with Crippen LogP contribution < -0.4 is 5.32 Å². The van der Waals surface area contributed by atoms with Gasteiger partial charge in [-0.05, 0) is 28.5 Å². The normalized spacial score (nSPS) is 12.5. The zero-order chi connectivity index (χ0) is 10.6. The van der Waals surface area contributed by atoms with Gasteiger partial charge in [0.25, 0.3) is 0 Å². The largest absolute Gasteiger partial charge is 0.307 e. The molecule has 0 fully saturated rings. The molecule has 76 valence electrons. The topological polar surface area (TPSA) is 12.0 Å². The van der Waals surface area contributed by atoms with Crippen LogP contribution in [-0.4, -0.2) is 6.54 Å². The molecule has 1 N–H and O–H groups in total.